The summed E-state index contributed by atoms with van der Waals surface area (Å²) in [6.45, 7) is 4.15. The molecule has 2 N–H and O–H groups in total. The van der Waals surface area contributed by atoms with E-state index in [9.17, 15) is 0 Å². The van der Waals surface area contributed by atoms with Gasteiger partial charge >= 0.3 is 0 Å². The highest BCUT2D eigenvalue weighted by molar-refractivity contribution is 4.82. The van der Waals surface area contributed by atoms with Crippen molar-refractivity contribution in [1.82, 2.24) is 4.90 Å². The molecule has 132 valence electrons. The second-order valence-corrected chi connectivity index (χ2v) is 6.19. The summed E-state index contributed by atoms with van der Waals surface area (Å²) in [7, 11) is 0. The molecule has 0 amide bonds. The minimum atomic E-state index is 0.175. The fourth-order valence-electron chi connectivity index (χ4n) is 2.64. The average Bonchev–Trinajstić information content (AvgIpc) is 2.53. The van der Waals surface area contributed by atoms with E-state index in [1.807, 2.05) is 0 Å². The first-order valence-corrected chi connectivity index (χ1v) is 9.47. The first kappa shape index (κ1) is 21.5. The number of hydrogen-bond acceptors (Lipinski definition) is 3. The fraction of sp³-hybridized carbons (Fsp3) is 0.895. The molecule has 0 unspecified atom stereocenters. The van der Waals surface area contributed by atoms with Crippen molar-refractivity contribution >= 4 is 0 Å². The second-order valence-electron chi connectivity index (χ2n) is 6.19. The summed E-state index contributed by atoms with van der Waals surface area (Å²) >= 11 is 0. The third-order valence-electron chi connectivity index (χ3n) is 4.03. The molecule has 0 radical (unpaired) electrons. The zero-order valence-electron chi connectivity index (χ0n) is 14.8. The quantitative estimate of drug-likeness (QED) is 0.389. The molecule has 0 aromatic carbocycles. The Kier molecular flexibility index (Phi) is 18.1. The molecule has 0 saturated carbocycles. The van der Waals surface area contributed by atoms with Crippen LogP contribution in [-0.4, -0.2) is 41.4 Å². The molecule has 22 heavy (non-hydrogen) atoms. The van der Waals surface area contributed by atoms with Crippen molar-refractivity contribution in [3.05, 3.63) is 12.3 Å². The van der Waals surface area contributed by atoms with Gasteiger partial charge in [-0.25, -0.2) is 0 Å². The maximum absolute atomic E-state index is 8.99. The Morgan fingerprint density at radius 2 is 1.27 bits per heavy atom. The first-order valence-electron chi connectivity index (χ1n) is 9.47. The number of aliphatic hydroxyl groups is 2. The van der Waals surface area contributed by atoms with Gasteiger partial charge in [0.05, 0.1) is 6.61 Å². The van der Waals surface area contributed by atoms with Crippen LogP contribution in [-0.2, 0) is 0 Å². The normalized spacial score (nSPS) is 11.4. The van der Waals surface area contributed by atoms with Crippen LogP contribution in [0.1, 0.15) is 84.0 Å². The molecule has 0 atom stereocenters. The van der Waals surface area contributed by atoms with Crippen LogP contribution < -0.4 is 0 Å². The van der Waals surface area contributed by atoms with Crippen molar-refractivity contribution in [2.75, 3.05) is 26.3 Å². The maximum atomic E-state index is 8.99. The Morgan fingerprint density at radius 1 is 0.682 bits per heavy atom. The van der Waals surface area contributed by atoms with Crippen LogP contribution in [0, 0.1) is 0 Å². The summed E-state index contributed by atoms with van der Waals surface area (Å²) in [6, 6.07) is 0. The van der Waals surface area contributed by atoms with Crippen LogP contribution in [0.5, 0.6) is 0 Å². The molecule has 0 rings (SSSR count). The first-order chi connectivity index (χ1) is 10.8. The summed E-state index contributed by atoms with van der Waals surface area (Å²) in [4.78, 5) is 2.09. The molecule has 0 aliphatic rings. The van der Waals surface area contributed by atoms with Crippen molar-refractivity contribution < 1.29 is 10.2 Å². The number of allylic oxidation sites excluding steroid dienone is 1. The van der Waals surface area contributed by atoms with Gasteiger partial charge in [0.15, 0.2) is 0 Å². The maximum Gasteiger partial charge on any atom is 0.0606 e. The summed E-state index contributed by atoms with van der Waals surface area (Å²) < 4.78 is 0. The van der Waals surface area contributed by atoms with Gasteiger partial charge in [-0.2, -0.15) is 0 Å². The summed E-state index contributed by atoms with van der Waals surface area (Å²) in [6.07, 6.45) is 19.9. The monoisotopic (exact) mass is 313 g/mol. The molecule has 0 aromatic rings. The fourth-order valence-corrected chi connectivity index (χ4v) is 2.64. The van der Waals surface area contributed by atoms with Crippen LogP contribution in [0.25, 0.3) is 0 Å². The zero-order chi connectivity index (χ0) is 16.3. The Bertz CT molecular complexity index is 231. The van der Waals surface area contributed by atoms with Crippen molar-refractivity contribution in [2.45, 2.75) is 84.0 Å². The molecule has 3 nitrogen and oxygen atoms in total. The van der Waals surface area contributed by atoms with Gasteiger partial charge in [-0.3, -0.25) is 0 Å². The molecular weight excluding hydrogens is 274 g/mol. The molecule has 0 heterocycles. The lowest BCUT2D eigenvalue weighted by Gasteiger charge is -2.18. The average molecular weight is 314 g/mol. The van der Waals surface area contributed by atoms with E-state index in [0.717, 1.165) is 19.4 Å². The SMILES string of the molecule is CCCCCCCCCCCCC=CN(CCO)CCCO. The Morgan fingerprint density at radius 3 is 1.82 bits per heavy atom. The van der Waals surface area contributed by atoms with Gasteiger partial charge < -0.3 is 15.1 Å². The molecule has 0 bridgehead atoms. The van der Waals surface area contributed by atoms with Gasteiger partial charge in [-0.05, 0) is 25.5 Å². The standard InChI is InChI=1S/C19H39NO2/c1-2-3-4-5-6-7-8-9-10-11-12-13-15-20(17-19-22)16-14-18-21/h13,15,21-22H,2-12,14,16-19H2,1H3. The van der Waals surface area contributed by atoms with E-state index in [-0.39, 0.29) is 13.2 Å². The number of aliphatic hydroxyl groups excluding tert-OH is 2. The molecule has 0 saturated heterocycles. The van der Waals surface area contributed by atoms with Gasteiger partial charge in [0.1, 0.15) is 0 Å². The van der Waals surface area contributed by atoms with Crippen molar-refractivity contribution in [2.24, 2.45) is 0 Å². The van der Waals surface area contributed by atoms with Crippen molar-refractivity contribution in [3.63, 3.8) is 0 Å². The van der Waals surface area contributed by atoms with Crippen LogP contribution in [0.3, 0.4) is 0 Å². The summed E-state index contributed by atoms with van der Waals surface area (Å²) in [5.74, 6) is 0. The van der Waals surface area contributed by atoms with Gasteiger partial charge in [0.25, 0.3) is 0 Å². The van der Waals surface area contributed by atoms with E-state index in [1.165, 1.54) is 64.2 Å². The smallest absolute Gasteiger partial charge is 0.0606 e. The summed E-state index contributed by atoms with van der Waals surface area (Å²) in [5.41, 5.74) is 0. The zero-order valence-corrected chi connectivity index (χ0v) is 14.8. The third-order valence-corrected chi connectivity index (χ3v) is 4.03. The van der Waals surface area contributed by atoms with Crippen LogP contribution in [0.2, 0.25) is 0 Å². The predicted molar refractivity (Wildman–Crippen MR) is 96.0 cm³/mol. The minimum Gasteiger partial charge on any atom is -0.396 e. The third kappa shape index (κ3) is 15.8. The van der Waals surface area contributed by atoms with Crippen LogP contribution in [0.4, 0.5) is 0 Å². The highest BCUT2D eigenvalue weighted by atomic mass is 16.3. The van der Waals surface area contributed by atoms with Crippen molar-refractivity contribution in [1.29, 1.82) is 0 Å². The van der Waals surface area contributed by atoms with Crippen LogP contribution >= 0.6 is 0 Å². The van der Waals surface area contributed by atoms with E-state index in [0.29, 0.717) is 6.54 Å². The van der Waals surface area contributed by atoms with E-state index < -0.39 is 0 Å². The van der Waals surface area contributed by atoms with E-state index in [4.69, 9.17) is 10.2 Å². The Labute approximate surface area is 138 Å². The minimum absolute atomic E-state index is 0.175. The molecule has 3 heteroatoms. The van der Waals surface area contributed by atoms with Gasteiger partial charge in [0, 0.05) is 19.7 Å². The molecule has 0 aliphatic heterocycles. The summed E-state index contributed by atoms with van der Waals surface area (Å²) in [5, 5.41) is 17.8. The lowest BCUT2D eigenvalue weighted by atomic mass is 10.1. The topological polar surface area (TPSA) is 43.7 Å². The van der Waals surface area contributed by atoms with E-state index >= 15 is 0 Å². The molecule has 0 aliphatic carbocycles. The molecule has 0 aromatic heterocycles. The Balaban J connectivity index is 3.37. The molecule has 0 fully saturated rings. The number of rotatable bonds is 17. The lowest BCUT2D eigenvalue weighted by Crippen LogP contribution is -2.22. The largest absolute Gasteiger partial charge is 0.396 e. The highest BCUT2D eigenvalue weighted by Gasteiger charge is 1.97. The highest BCUT2D eigenvalue weighted by Crippen LogP contribution is 2.11. The number of nitrogens with zero attached hydrogens (tertiary/aromatic N) is 1. The number of hydrogen-bond donors (Lipinski definition) is 2. The van der Waals surface area contributed by atoms with Crippen LogP contribution in [0.15, 0.2) is 12.3 Å². The van der Waals surface area contributed by atoms with E-state index in [2.05, 4.69) is 24.1 Å². The Hall–Kier alpha value is -0.540. The lowest BCUT2D eigenvalue weighted by molar-refractivity contribution is 0.216. The number of unbranched alkanes of at least 4 members (excludes halogenated alkanes) is 10. The van der Waals surface area contributed by atoms with E-state index in [1.54, 1.807) is 0 Å². The van der Waals surface area contributed by atoms with Crippen molar-refractivity contribution in [3.8, 4) is 0 Å². The predicted octanol–water partition coefficient (Wildman–Crippen LogP) is 4.49. The molecule has 0 spiro atoms. The van der Waals surface area contributed by atoms with Gasteiger partial charge in [0.2, 0.25) is 0 Å². The molecular formula is C19H39NO2. The van der Waals surface area contributed by atoms with Gasteiger partial charge in [-0.15, -0.1) is 0 Å². The second kappa shape index (κ2) is 18.5. The van der Waals surface area contributed by atoms with Gasteiger partial charge in [-0.1, -0.05) is 70.8 Å².